The molecule has 0 heterocycles. The van der Waals surface area contributed by atoms with Crippen LogP contribution in [0.1, 0.15) is 5.56 Å². The molecule has 1 saturated carbocycles. The molecule has 22 heavy (non-hydrogen) atoms. The van der Waals surface area contributed by atoms with Crippen LogP contribution in [-0.2, 0) is 25.6 Å². The summed E-state index contributed by atoms with van der Waals surface area (Å²) < 4.78 is 10.1. The molecular formula is C15H19ClN2O4. The number of carbonyl (C=O) groups is 2. The van der Waals surface area contributed by atoms with Gasteiger partial charge in [0.25, 0.3) is 0 Å². The molecule has 1 aliphatic carbocycles. The number of hydrogen-bond acceptors (Lipinski definition) is 6. The predicted molar refractivity (Wildman–Crippen MR) is 81.7 cm³/mol. The zero-order chi connectivity index (χ0) is 16.1. The van der Waals surface area contributed by atoms with E-state index in [4.69, 9.17) is 21.1 Å². The highest BCUT2D eigenvalue weighted by Gasteiger charge is 2.48. The zero-order valence-electron chi connectivity index (χ0n) is 12.5. The van der Waals surface area contributed by atoms with Crippen molar-refractivity contribution in [3.8, 4) is 0 Å². The van der Waals surface area contributed by atoms with Crippen molar-refractivity contribution < 1.29 is 19.1 Å². The summed E-state index contributed by atoms with van der Waals surface area (Å²) in [4.78, 5) is 23.4. The van der Waals surface area contributed by atoms with Crippen molar-refractivity contribution >= 4 is 23.2 Å². The first kappa shape index (κ1) is 17.1. The van der Waals surface area contributed by atoms with Crippen molar-refractivity contribution in [2.24, 2.45) is 0 Å². The lowest BCUT2D eigenvalue weighted by Crippen LogP contribution is -2.69. The number of nitrogens with one attached hydrogen (secondary N) is 2. The molecule has 0 radical (unpaired) electrons. The van der Waals surface area contributed by atoms with Gasteiger partial charge in [-0.3, -0.25) is 9.59 Å². The van der Waals surface area contributed by atoms with E-state index in [1.165, 1.54) is 14.2 Å². The molecule has 2 N–H and O–H groups in total. The number of ketones is 2. The summed E-state index contributed by atoms with van der Waals surface area (Å²) in [6, 6.07) is 6.24. The minimum absolute atomic E-state index is 0.325. The van der Waals surface area contributed by atoms with Crippen LogP contribution in [0.25, 0.3) is 0 Å². The fraction of sp³-hybridized carbons (Fsp3) is 0.467. The van der Waals surface area contributed by atoms with Gasteiger partial charge in [0, 0.05) is 32.3 Å². The van der Waals surface area contributed by atoms with Gasteiger partial charge < -0.3 is 20.1 Å². The highest BCUT2D eigenvalue weighted by atomic mass is 35.5. The molecule has 0 bridgehead atoms. The average molecular weight is 327 g/mol. The lowest BCUT2D eigenvalue weighted by atomic mass is 9.83. The molecule has 0 aromatic heterocycles. The van der Waals surface area contributed by atoms with Gasteiger partial charge in [-0.2, -0.15) is 0 Å². The van der Waals surface area contributed by atoms with Crippen molar-refractivity contribution in [3.63, 3.8) is 0 Å². The zero-order valence-corrected chi connectivity index (χ0v) is 13.2. The van der Waals surface area contributed by atoms with Gasteiger partial charge >= 0.3 is 0 Å². The maximum atomic E-state index is 11.7. The fourth-order valence-electron chi connectivity index (χ4n) is 2.29. The predicted octanol–water partition coefficient (Wildman–Crippen LogP) is 0.527. The number of ether oxygens (including phenoxy) is 2. The first-order valence-electron chi connectivity index (χ1n) is 6.91. The molecule has 2 unspecified atom stereocenters. The molecule has 1 fully saturated rings. The second kappa shape index (κ2) is 7.80. The van der Waals surface area contributed by atoms with Gasteiger partial charge in [-0.25, -0.2) is 0 Å². The molecule has 0 saturated heterocycles. The second-order valence-electron chi connectivity index (χ2n) is 5.00. The van der Waals surface area contributed by atoms with E-state index in [2.05, 4.69) is 10.6 Å². The van der Waals surface area contributed by atoms with Gasteiger partial charge in [0.15, 0.2) is 6.29 Å². The van der Waals surface area contributed by atoms with Crippen LogP contribution in [0.15, 0.2) is 24.3 Å². The Morgan fingerprint density at radius 1 is 1.14 bits per heavy atom. The SMILES string of the molecule is COC(CNC1C(=O)C(=O)C1NCc1cccc(Cl)c1)OC. The molecule has 7 heteroatoms. The van der Waals surface area contributed by atoms with E-state index in [-0.39, 0.29) is 0 Å². The molecule has 2 rings (SSSR count). The Kier molecular flexibility index (Phi) is 6.05. The van der Waals surface area contributed by atoms with Crippen LogP contribution in [-0.4, -0.2) is 50.7 Å². The highest BCUT2D eigenvalue weighted by molar-refractivity contribution is 6.49. The summed E-state index contributed by atoms with van der Waals surface area (Å²) in [5.41, 5.74) is 0.949. The van der Waals surface area contributed by atoms with Crippen LogP contribution in [0, 0.1) is 0 Å². The van der Waals surface area contributed by atoms with E-state index in [1.807, 2.05) is 18.2 Å². The van der Waals surface area contributed by atoms with Gasteiger partial charge in [-0.15, -0.1) is 0 Å². The van der Waals surface area contributed by atoms with Gasteiger partial charge in [-0.1, -0.05) is 23.7 Å². The molecule has 1 aromatic rings. The average Bonchev–Trinajstić information content (AvgIpc) is 2.53. The molecule has 120 valence electrons. The van der Waals surface area contributed by atoms with Gasteiger partial charge in [0.1, 0.15) is 0 Å². The van der Waals surface area contributed by atoms with E-state index in [0.717, 1.165) is 5.56 Å². The molecule has 1 aromatic carbocycles. The van der Waals surface area contributed by atoms with E-state index < -0.39 is 29.9 Å². The van der Waals surface area contributed by atoms with Crippen molar-refractivity contribution in [1.82, 2.24) is 10.6 Å². The van der Waals surface area contributed by atoms with Crippen molar-refractivity contribution in [3.05, 3.63) is 34.9 Å². The van der Waals surface area contributed by atoms with Crippen LogP contribution < -0.4 is 10.6 Å². The molecule has 6 nitrogen and oxygen atoms in total. The van der Waals surface area contributed by atoms with Crippen LogP contribution in [0.4, 0.5) is 0 Å². The monoisotopic (exact) mass is 326 g/mol. The Bertz CT molecular complexity index is 548. The maximum absolute atomic E-state index is 11.7. The van der Waals surface area contributed by atoms with Gasteiger partial charge in [0.2, 0.25) is 11.6 Å². The third-order valence-corrected chi connectivity index (χ3v) is 3.82. The van der Waals surface area contributed by atoms with Crippen LogP contribution in [0.2, 0.25) is 5.02 Å². The summed E-state index contributed by atoms with van der Waals surface area (Å²) in [5.74, 6) is -0.833. The van der Waals surface area contributed by atoms with Crippen molar-refractivity contribution in [2.75, 3.05) is 20.8 Å². The minimum Gasteiger partial charge on any atom is -0.355 e. The Morgan fingerprint density at radius 3 is 2.36 bits per heavy atom. The molecular weight excluding hydrogens is 308 g/mol. The van der Waals surface area contributed by atoms with Gasteiger partial charge in [-0.05, 0) is 17.7 Å². The minimum atomic E-state index is -0.556. The maximum Gasteiger partial charge on any atom is 0.219 e. The fourth-order valence-corrected chi connectivity index (χ4v) is 2.51. The topological polar surface area (TPSA) is 76.7 Å². The molecule has 0 spiro atoms. The lowest BCUT2D eigenvalue weighted by Gasteiger charge is -2.35. The number of hydrogen-bond donors (Lipinski definition) is 2. The normalized spacial score (nSPS) is 21.3. The smallest absolute Gasteiger partial charge is 0.219 e. The van der Waals surface area contributed by atoms with Crippen molar-refractivity contribution in [2.45, 2.75) is 24.9 Å². The number of carbonyl (C=O) groups excluding carboxylic acids is 2. The summed E-state index contributed by atoms with van der Waals surface area (Å²) in [5, 5.41) is 6.70. The molecule has 0 aliphatic heterocycles. The Balaban J connectivity index is 1.88. The van der Waals surface area contributed by atoms with E-state index in [0.29, 0.717) is 18.1 Å². The summed E-state index contributed by atoms with van der Waals surface area (Å²) in [6.45, 7) is 0.784. The number of methoxy groups -OCH3 is 2. The Hall–Kier alpha value is -1.31. The summed E-state index contributed by atoms with van der Waals surface area (Å²) >= 11 is 5.92. The van der Waals surface area contributed by atoms with Crippen molar-refractivity contribution in [1.29, 1.82) is 0 Å². The molecule has 2 atom stereocenters. The quantitative estimate of drug-likeness (QED) is 0.536. The van der Waals surface area contributed by atoms with E-state index >= 15 is 0 Å². The number of Topliss-reactive ketones (excluding diaryl/α,β-unsaturated/α-hetero) is 2. The van der Waals surface area contributed by atoms with E-state index in [9.17, 15) is 9.59 Å². The van der Waals surface area contributed by atoms with Gasteiger partial charge in [0.05, 0.1) is 12.1 Å². The first-order valence-corrected chi connectivity index (χ1v) is 7.29. The number of rotatable bonds is 8. The Morgan fingerprint density at radius 2 is 1.77 bits per heavy atom. The second-order valence-corrected chi connectivity index (χ2v) is 5.44. The summed E-state index contributed by atoms with van der Waals surface area (Å²) in [6.07, 6.45) is -0.461. The number of halogens is 1. The third kappa shape index (κ3) is 3.91. The Labute approximate surface area is 134 Å². The number of benzene rings is 1. The summed E-state index contributed by atoms with van der Waals surface area (Å²) in [7, 11) is 3.02. The highest BCUT2D eigenvalue weighted by Crippen LogP contribution is 2.15. The molecule has 1 aliphatic rings. The first-order chi connectivity index (χ1) is 10.6. The largest absolute Gasteiger partial charge is 0.355 e. The van der Waals surface area contributed by atoms with Crippen LogP contribution in [0.5, 0.6) is 0 Å². The molecule has 0 amide bonds. The third-order valence-electron chi connectivity index (χ3n) is 3.59. The standard InChI is InChI=1S/C15H19ClN2O4/c1-21-11(22-2)8-18-13-12(14(19)15(13)20)17-7-9-4-3-5-10(16)6-9/h3-6,11-13,17-18H,7-8H2,1-2H3. The van der Waals surface area contributed by atoms with E-state index in [1.54, 1.807) is 6.07 Å². The van der Waals surface area contributed by atoms with Crippen LogP contribution in [0.3, 0.4) is 0 Å². The van der Waals surface area contributed by atoms with Crippen LogP contribution >= 0.6 is 11.6 Å². The lowest BCUT2D eigenvalue weighted by molar-refractivity contribution is -0.148.